The second kappa shape index (κ2) is 2.65. The Hall–Kier alpha value is -1.71. The molecule has 0 aliphatic rings. The fourth-order valence-corrected chi connectivity index (χ4v) is 1.32. The third kappa shape index (κ3) is 1.11. The maximum absolute atomic E-state index is 10.4. The van der Waals surface area contributed by atoms with Crippen LogP contribution in [0.25, 0.3) is 11.0 Å². The molecule has 0 N–H and O–H groups in total. The van der Waals surface area contributed by atoms with Gasteiger partial charge in [-0.3, -0.25) is 0 Å². The highest BCUT2D eigenvalue weighted by Gasteiger charge is 2.04. The Morgan fingerprint density at radius 2 is 2.00 bits per heavy atom. The largest absolute Gasteiger partial charge is 0.235 e. The molecule has 0 amide bonds. The van der Waals surface area contributed by atoms with Crippen molar-refractivity contribution in [3.63, 3.8) is 0 Å². The van der Waals surface area contributed by atoms with Crippen molar-refractivity contribution in [3.05, 3.63) is 34.5 Å². The molecule has 1 aromatic carbocycles. The normalized spacial score (nSPS) is 10.6. The number of fused-ring (bicyclic) bond motifs is 1. The molecule has 4 heteroatoms. The summed E-state index contributed by atoms with van der Waals surface area (Å²) < 4.78 is 1.24. The van der Waals surface area contributed by atoms with Gasteiger partial charge in [0.1, 0.15) is 6.33 Å². The van der Waals surface area contributed by atoms with Crippen LogP contribution in [0.5, 0.6) is 0 Å². The second-order valence-corrected chi connectivity index (χ2v) is 3.10. The van der Waals surface area contributed by atoms with E-state index >= 15 is 0 Å². The summed E-state index contributed by atoms with van der Waals surface area (Å²) in [7, 11) is 0. The van der Waals surface area contributed by atoms with Crippen LogP contribution in [0.4, 0.5) is 0 Å². The Labute approximate surface area is 75.1 Å². The number of nitroso groups, excluding NO2 is 1. The number of aromatic nitrogens is 2. The minimum absolute atomic E-state index is 0.762. The summed E-state index contributed by atoms with van der Waals surface area (Å²) >= 11 is 0. The first-order valence-electron chi connectivity index (χ1n) is 4.00. The molecule has 0 unspecified atom stereocenters. The van der Waals surface area contributed by atoms with Crippen molar-refractivity contribution in [1.82, 2.24) is 9.66 Å². The molecule has 2 rings (SSSR count). The number of nitrogens with zero attached hydrogens (tertiary/aromatic N) is 3. The Balaban J connectivity index is 2.84. The molecular formula is C9H9N3O. The van der Waals surface area contributed by atoms with Crippen LogP contribution in [-0.4, -0.2) is 9.66 Å². The first-order chi connectivity index (χ1) is 6.22. The second-order valence-electron chi connectivity index (χ2n) is 3.10. The summed E-state index contributed by atoms with van der Waals surface area (Å²) in [6.45, 7) is 4.01. The van der Waals surface area contributed by atoms with Crippen LogP contribution >= 0.6 is 0 Å². The number of rotatable bonds is 1. The van der Waals surface area contributed by atoms with E-state index in [0.29, 0.717) is 0 Å². The van der Waals surface area contributed by atoms with Crippen molar-refractivity contribution in [3.8, 4) is 0 Å². The first-order valence-corrected chi connectivity index (χ1v) is 4.00. The summed E-state index contributed by atoms with van der Waals surface area (Å²) in [5, 5.41) is 2.83. The predicted molar refractivity (Wildman–Crippen MR) is 50.4 cm³/mol. The van der Waals surface area contributed by atoms with Gasteiger partial charge in [-0.2, -0.15) is 4.68 Å². The molecule has 1 aromatic heterocycles. The highest BCUT2D eigenvalue weighted by Crippen LogP contribution is 2.17. The lowest BCUT2D eigenvalue weighted by atomic mass is 10.1. The van der Waals surface area contributed by atoms with Gasteiger partial charge < -0.3 is 0 Å². The Kier molecular flexibility index (Phi) is 1.62. The van der Waals surface area contributed by atoms with E-state index in [2.05, 4.69) is 10.3 Å². The minimum Gasteiger partial charge on any atom is -0.235 e. The summed E-state index contributed by atoms with van der Waals surface area (Å²) in [4.78, 5) is 14.4. The summed E-state index contributed by atoms with van der Waals surface area (Å²) in [6.07, 6.45) is 1.43. The minimum atomic E-state index is 0.762. The monoisotopic (exact) mass is 175 g/mol. The van der Waals surface area contributed by atoms with E-state index in [1.165, 1.54) is 16.6 Å². The van der Waals surface area contributed by atoms with Gasteiger partial charge in [-0.25, -0.2) is 4.98 Å². The van der Waals surface area contributed by atoms with Crippen molar-refractivity contribution < 1.29 is 0 Å². The maximum Gasteiger partial charge on any atom is 0.121 e. The summed E-state index contributed by atoms with van der Waals surface area (Å²) in [5.74, 6) is 0. The highest BCUT2D eigenvalue weighted by molar-refractivity contribution is 5.77. The fraction of sp³-hybridized carbons (Fsp3) is 0.222. The van der Waals surface area contributed by atoms with E-state index in [1.807, 2.05) is 26.0 Å². The molecule has 0 bridgehead atoms. The lowest BCUT2D eigenvalue weighted by Crippen LogP contribution is -1.85. The van der Waals surface area contributed by atoms with E-state index in [-0.39, 0.29) is 0 Å². The third-order valence-electron chi connectivity index (χ3n) is 2.23. The van der Waals surface area contributed by atoms with E-state index in [9.17, 15) is 4.91 Å². The van der Waals surface area contributed by atoms with Gasteiger partial charge in [0.05, 0.1) is 16.3 Å². The molecule has 0 aliphatic carbocycles. The van der Waals surface area contributed by atoms with Crippen molar-refractivity contribution in [2.45, 2.75) is 13.8 Å². The predicted octanol–water partition coefficient (Wildman–Crippen LogP) is 2.18. The number of hydrogen-bond acceptors (Lipinski definition) is 3. The Bertz CT molecular complexity index is 473. The first kappa shape index (κ1) is 7.91. The lowest BCUT2D eigenvalue weighted by Gasteiger charge is -1.98. The topological polar surface area (TPSA) is 47.2 Å². The summed E-state index contributed by atoms with van der Waals surface area (Å²) in [5.41, 5.74) is 3.88. The average Bonchev–Trinajstić information content (AvgIpc) is 2.48. The van der Waals surface area contributed by atoms with Crippen LogP contribution in [0.1, 0.15) is 11.1 Å². The molecule has 4 nitrogen and oxygen atoms in total. The van der Waals surface area contributed by atoms with Crippen molar-refractivity contribution in [2.24, 2.45) is 5.29 Å². The van der Waals surface area contributed by atoms with E-state index in [1.54, 1.807) is 0 Å². The summed E-state index contributed by atoms with van der Waals surface area (Å²) in [6, 6.07) is 3.87. The van der Waals surface area contributed by atoms with E-state index < -0.39 is 0 Å². The molecule has 13 heavy (non-hydrogen) atoms. The SMILES string of the molecule is Cc1cc2ncn(N=O)c2cc1C. The third-order valence-corrected chi connectivity index (χ3v) is 2.23. The maximum atomic E-state index is 10.4. The quantitative estimate of drug-likeness (QED) is 0.623. The molecule has 2 aromatic rings. The van der Waals surface area contributed by atoms with Gasteiger partial charge in [0.15, 0.2) is 0 Å². The highest BCUT2D eigenvalue weighted by atomic mass is 16.3. The number of hydrogen-bond donors (Lipinski definition) is 0. The van der Waals surface area contributed by atoms with Gasteiger partial charge in [-0.05, 0) is 37.1 Å². The van der Waals surface area contributed by atoms with Gasteiger partial charge in [0.25, 0.3) is 0 Å². The van der Waals surface area contributed by atoms with Crippen LogP contribution in [0.2, 0.25) is 0 Å². The standard InChI is InChI=1S/C9H9N3O/c1-6-3-8-9(4-7(6)2)12(11-13)5-10-8/h3-5H,1-2H3. The molecule has 0 fully saturated rings. The molecule has 0 radical (unpaired) electrons. The zero-order valence-electron chi connectivity index (χ0n) is 7.48. The molecule has 0 atom stereocenters. The van der Waals surface area contributed by atoms with Crippen LogP contribution in [-0.2, 0) is 0 Å². The van der Waals surface area contributed by atoms with Gasteiger partial charge >= 0.3 is 0 Å². The fourth-order valence-electron chi connectivity index (χ4n) is 1.32. The molecule has 66 valence electrons. The molecular weight excluding hydrogens is 166 g/mol. The van der Waals surface area contributed by atoms with E-state index in [0.717, 1.165) is 16.6 Å². The molecule has 0 saturated carbocycles. The number of aryl methyl sites for hydroxylation is 2. The molecule has 0 spiro atoms. The van der Waals surface area contributed by atoms with Crippen molar-refractivity contribution >= 4 is 11.0 Å². The molecule has 0 aliphatic heterocycles. The van der Waals surface area contributed by atoms with E-state index in [4.69, 9.17) is 0 Å². The average molecular weight is 175 g/mol. The van der Waals surface area contributed by atoms with Crippen molar-refractivity contribution in [2.75, 3.05) is 0 Å². The zero-order valence-corrected chi connectivity index (χ0v) is 7.48. The van der Waals surface area contributed by atoms with Gasteiger partial charge in [0.2, 0.25) is 0 Å². The van der Waals surface area contributed by atoms with Crippen LogP contribution in [0.15, 0.2) is 23.7 Å². The van der Waals surface area contributed by atoms with Crippen LogP contribution < -0.4 is 0 Å². The van der Waals surface area contributed by atoms with Crippen molar-refractivity contribution in [1.29, 1.82) is 0 Å². The molecule has 1 heterocycles. The van der Waals surface area contributed by atoms with Gasteiger partial charge in [-0.15, -0.1) is 4.91 Å². The lowest BCUT2D eigenvalue weighted by molar-refractivity contribution is 0.895. The Morgan fingerprint density at radius 1 is 1.31 bits per heavy atom. The smallest absolute Gasteiger partial charge is 0.121 e. The molecule has 0 saturated heterocycles. The number of imidazole rings is 1. The zero-order chi connectivity index (χ0) is 9.42. The van der Waals surface area contributed by atoms with Crippen LogP contribution in [0, 0.1) is 18.8 Å². The Morgan fingerprint density at radius 3 is 2.69 bits per heavy atom. The number of benzene rings is 1. The van der Waals surface area contributed by atoms with Gasteiger partial charge in [-0.1, -0.05) is 0 Å². The van der Waals surface area contributed by atoms with Gasteiger partial charge in [0, 0.05) is 0 Å². The van der Waals surface area contributed by atoms with Crippen LogP contribution in [0.3, 0.4) is 0 Å².